The minimum Gasteiger partial charge on any atom is -0.494 e. The number of hydrogen-bond donors (Lipinski definition) is 4. The molecule has 0 radical (unpaired) electrons. The second-order valence-electron chi connectivity index (χ2n) is 13.1. The van der Waals surface area contributed by atoms with E-state index in [1.165, 1.54) is 11.2 Å². The summed E-state index contributed by atoms with van der Waals surface area (Å²) >= 11 is 0. The number of carbonyl (C=O) groups is 2. The first-order valence-corrected chi connectivity index (χ1v) is 15.4. The summed E-state index contributed by atoms with van der Waals surface area (Å²) in [5, 5.41) is 7.22. The van der Waals surface area contributed by atoms with Crippen molar-refractivity contribution in [3.05, 3.63) is 100 Å². The normalized spacial score (nSPS) is 12.7. The molecule has 46 heavy (non-hydrogen) atoms. The molecule has 0 aromatic heterocycles. The highest BCUT2D eigenvalue weighted by Gasteiger charge is 2.22. The molecule has 248 valence electrons. The van der Waals surface area contributed by atoms with Gasteiger partial charge in [0.15, 0.2) is 0 Å². The van der Waals surface area contributed by atoms with Gasteiger partial charge in [0, 0.05) is 37.0 Å². The lowest BCUT2D eigenvalue weighted by atomic mass is 9.85. The van der Waals surface area contributed by atoms with E-state index in [-0.39, 0.29) is 23.1 Å². The molecule has 0 bridgehead atoms. The third-order valence-corrected chi connectivity index (χ3v) is 7.79. The molecule has 10 heteroatoms. The molecule has 0 saturated carbocycles. The second kappa shape index (κ2) is 15.8. The van der Waals surface area contributed by atoms with E-state index in [0.717, 1.165) is 35.3 Å². The summed E-state index contributed by atoms with van der Waals surface area (Å²) < 4.78 is 5.87. The Hall–Kier alpha value is -4.38. The van der Waals surface area contributed by atoms with Crippen LogP contribution in [0.25, 0.3) is 0 Å². The maximum Gasteiger partial charge on any atom is 0.269 e. The molecular weight excluding hydrogens is 578 g/mol. The zero-order valence-electron chi connectivity index (χ0n) is 28.8. The van der Waals surface area contributed by atoms with E-state index >= 15 is 0 Å². The van der Waals surface area contributed by atoms with E-state index in [0.29, 0.717) is 29.2 Å². The van der Waals surface area contributed by atoms with E-state index in [2.05, 4.69) is 68.4 Å². The number of anilines is 2. The molecular formula is C36H51N7O3. The number of nitrogens with zero attached hydrogens (tertiary/aromatic N) is 3. The van der Waals surface area contributed by atoms with Crippen LogP contribution < -0.4 is 32.0 Å². The van der Waals surface area contributed by atoms with Crippen molar-refractivity contribution in [1.82, 2.24) is 15.1 Å². The number of amides is 2. The quantitative estimate of drug-likeness (QED) is 0.119. The monoisotopic (exact) mass is 629 g/mol. The maximum absolute atomic E-state index is 13.7. The molecule has 2 amide bonds. The molecule has 1 unspecified atom stereocenters. The summed E-state index contributed by atoms with van der Waals surface area (Å²) in [6, 6.07) is 18.7. The Kier molecular flexibility index (Phi) is 12.4. The van der Waals surface area contributed by atoms with E-state index in [4.69, 9.17) is 16.3 Å². The number of benzene rings is 3. The van der Waals surface area contributed by atoms with Gasteiger partial charge in [-0.1, -0.05) is 63.2 Å². The van der Waals surface area contributed by atoms with Gasteiger partial charge in [-0.2, -0.15) is 0 Å². The van der Waals surface area contributed by atoms with Gasteiger partial charge in [0.25, 0.3) is 11.8 Å². The van der Waals surface area contributed by atoms with Crippen LogP contribution in [0.15, 0.2) is 72.6 Å². The van der Waals surface area contributed by atoms with Crippen molar-refractivity contribution in [1.29, 1.82) is 0 Å². The van der Waals surface area contributed by atoms with Crippen LogP contribution in [0.3, 0.4) is 0 Å². The Morgan fingerprint density at radius 2 is 1.67 bits per heavy atom. The lowest BCUT2D eigenvalue weighted by Crippen LogP contribution is -2.34. The number of hydrazine groups is 1. The van der Waals surface area contributed by atoms with E-state index in [9.17, 15) is 9.59 Å². The van der Waals surface area contributed by atoms with Crippen LogP contribution in [-0.4, -0.2) is 63.0 Å². The van der Waals surface area contributed by atoms with Gasteiger partial charge >= 0.3 is 0 Å². The van der Waals surface area contributed by atoms with Gasteiger partial charge in [-0.3, -0.25) is 14.6 Å². The Balaban J connectivity index is 1.86. The Morgan fingerprint density at radius 3 is 2.28 bits per heavy atom. The molecule has 0 aliphatic heterocycles. The van der Waals surface area contributed by atoms with Crippen molar-refractivity contribution in [2.24, 2.45) is 11.6 Å². The molecule has 0 heterocycles. The van der Waals surface area contributed by atoms with Crippen molar-refractivity contribution in [2.75, 3.05) is 51.7 Å². The molecule has 0 fully saturated rings. The van der Waals surface area contributed by atoms with Crippen molar-refractivity contribution in [2.45, 2.75) is 52.6 Å². The number of aryl methyl sites for hydroxylation is 1. The van der Waals surface area contributed by atoms with Gasteiger partial charge in [0.2, 0.25) is 0 Å². The molecule has 0 saturated heterocycles. The molecule has 10 nitrogen and oxygen atoms in total. The number of hydrogen-bond acceptors (Lipinski definition) is 8. The first-order chi connectivity index (χ1) is 21.6. The zero-order valence-corrected chi connectivity index (χ0v) is 28.8. The van der Waals surface area contributed by atoms with Crippen LogP contribution in [-0.2, 0) is 16.8 Å². The molecule has 6 N–H and O–H groups in total. The minimum absolute atomic E-state index is 0.0636. The molecule has 1 atom stereocenters. The topological polar surface area (TPSA) is 129 Å². The van der Waals surface area contributed by atoms with Gasteiger partial charge in [-0.25, -0.2) is 5.84 Å². The fourth-order valence-electron chi connectivity index (χ4n) is 4.92. The molecule has 0 spiro atoms. The summed E-state index contributed by atoms with van der Waals surface area (Å²) in [6.07, 6.45) is 1.35. The minimum atomic E-state index is -0.452. The number of nitrogens with one attached hydrogen (secondary N) is 2. The van der Waals surface area contributed by atoms with Crippen molar-refractivity contribution in [3.8, 4) is 5.75 Å². The van der Waals surface area contributed by atoms with Crippen LogP contribution in [0.2, 0.25) is 0 Å². The van der Waals surface area contributed by atoms with Gasteiger partial charge < -0.3 is 30.9 Å². The number of methoxy groups -OCH3 is 1. The highest BCUT2D eigenvalue weighted by atomic mass is 16.5. The van der Waals surface area contributed by atoms with E-state index in [1.807, 2.05) is 50.2 Å². The number of rotatable bonds is 13. The van der Waals surface area contributed by atoms with Crippen LogP contribution in [0.4, 0.5) is 11.4 Å². The number of ether oxygens (including phenoxy) is 1. The fourth-order valence-corrected chi connectivity index (χ4v) is 4.92. The average Bonchev–Trinajstić information content (AvgIpc) is 2.99. The van der Waals surface area contributed by atoms with Crippen molar-refractivity contribution >= 4 is 23.2 Å². The first-order valence-electron chi connectivity index (χ1n) is 15.4. The smallest absolute Gasteiger partial charge is 0.269 e. The predicted molar refractivity (Wildman–Crippen MR) is 188 cm³/mol. The predicted octanol–water partition coefficient (Wildman–Crippen LogP) is 4.90. The zero-order chi connectivity index (χ0) is 34.2. The maximum atomic E-state index is 13.7. The van der Waals surface area contributed by atoms with E-state index in [1.54, 1.807) is 25.3 Å². The van der Waals surface area contributed by atoms with Gasteiger partial charge in [-0.05, 0) is 75.3 Å². The van der Waals surface area contributed by atoms with Crippen LogP contribution >= 0.6 is 0 Å². The molecule has 3 aromatic carbocycles. The Bertz CT molecular complexity index is 1530. The first kappa shape index (κ1) is 36.1. The molecule has 3 rings (SSSR count). The lowest BCUT2D eigenvalue weighted by Gasteiger charge is -2.26. The van der Waals surface area contributed by atoms with Crippen molar-refractivity contribution in [3.63, 3.8) is 0 Å². The standard InChI is InChI=1S/C36H51N7O3/c1-24-15-16-27(20-32(24)43(38)23-30(37)35(45)39-25(2)26-13-11-10-12-14-26)34(44)40-31-21-29(36(3,4)5)19-28(33(31)46-9)22-42(8)18-17-41(6)7/h10-16,19-21,23,25H,17-18,22,37-38H2,1-9H3,(H,39,45)(H,40,44)/b30-23-. The Morgan fingerprint density at radius 1 is 1.00 bits per heavy atom. The van der Waals surface area contributed by atoms with Gasteiger partial charge in [0.05, 0.1) is 24.5 Å². The molecule has 0 aliphatic rings. The number of nitrogens with two attached hydrogens (primary N) is 2. The summed E-state index contributed by atoms with van der Waals surface area (Å²) in [4.78, 5) is 30.9. The summed E-state index contributed by atoms with van der Waals surface area (Å²) in [7, 11) is 7.80. The fraction of sp³-hybridized carbons (Fsp3) is 0.389. The number of carbonyl (C=O) groups excluding carboxylic acids is 2. The summed E-state index contributed by atoms with van der Waals surface area (Å²) in [6.45, 7) is 12.6. The van der Waals surface area contributed by atoms with Gasteiger partial charge in [0.1, 0.15) is 11.4 Å². The second-order valence-corrected chi connectivity index (χ2v) is 13.1. The molecule has 0 aliphatic carbocycles. The SMILES string of the molecule is COc1c(CN(C)CCN(C)C)cc(C(C)(C)C)cc1NC(=O)c1ccc(C)c(N(N)/C=C(\N)C(=O)NC(C)c2ccccc2)c1. The molecule has 3 aromatic rings. The third kappa shape index (κ3) is 9.81. The third-order valence-electron chi connectivity index (χ3n) is 7.79. The largest absolute Gasteiger partial charge is 0.494 e. The highest BCUT2D eigenvalue weighted by Crippen LogP contribution is 2.36. The van der Waals surface area contributed by atoms with Crippen LogP contribution in [0, 0.1) is 6.92 Å². The van der Waals surface area contributed by atoms with E-state index < -0.39 is 5.91 Å². The highest BCUT2D eigenvalue weighted by molar-refractivity contribution is 6.06. The van der Waals surface area contributed by atoms with Crippen LogP contribution in [0.5, 0.6) is 5.75 Å². The van der Waals surface area contributed by atoms with Gasteiger partial charge in [-0.15, -0.1) is 0 Å². The summed E-state index contributed by atoms with van der Waals surface area (Å²) in [5.74, 6) is 6.21. The van der Waals surface area contributed by atoms with Crippen molar-refractivity contribution < 1.29 is 14.3 Å². The summed E-state index contributed by atoms with van der Waals surface area (Å²) in [5.41, 5.74) is 11.2. The lowest BCUT2D eigenvalue weighted by molar-refractivity contribution is -0.118. The number of likely N-dealkylation sites (N-methyl/N-ethyl adjacent to an activating group) is 2. The Labute approximate surface area is 274 Å². The van der Waals surface area contributed by atoms with Crippen LogP contribution in [0.1, 0.15) is 66.3 Å². The average molecular weight is 630 g/mol.